The Hall–Kier alpha value is -1.05. The molecule has 1 aliphatic heterocycles. The molecule has 2 aromatic rings. The lowest BCUT2D eigenvalue weighted by Crippen LogP contribution is -2.48. The number of aromatic amines is 1. The molecule has 0 spiro atoms. The number of H-pyrrole nitrogens is 1. The molecule has 3 rings (SSSR count). The van der Waals surface area contributed by atoms with Gasteiger partial charge in [-0.25, -0.2) is 4.98 Å². The van der Waals surface area contributed by atoms with Crippen molar-refractivity contribution in [2.75, 3.05) is 6.61 Å². The summed E-state index contributed by atoms with van der Waals surface area (Å²) in [4.78, 5) is 3.18. The molecule has 0 bridgehead atoms. The molecular formula is C15H17BrNO4+. The number of hydrogen-bond donors (Lipinski definition) is 3. The highest BCUT2D eigenvalue weighted by Gasteiger charge is 2.39. The van der Waals surface area contributed by atoms with Crippen molar-refractivity contribution in [2.45, 2.75) is 30.8 Å². The molecule has 1 aliphatic rings. The minimum Gasteiger partial charge on any atom is -0.394 e. The monoisotopic (exact) mass is 354 g/mol. The molecule has 1 aromatic carbocycles. The van der Waals surface area contributed by atoms with Crippen LogP contribution in [-0.2, 0) is 4.74 Å². The molecular weight excluding hydrogens is 338 g/mol. The van der Waals surface area contributed by atoms with Gasteiger partial charge in [0.1, 0.15) is 18.3 Å². The predicted molar refractivity (Wildman–Crippen MR) is 79.5 cm³/mol. The molecule has 21 heavy (non-hydrogen) atoms. The van der Waals surface area contributed by atoms with Gasteiger partial charge >= 0.3 is 0 Å². The molecule has 4 N–H and O–H groups in total. The summed E-state index contributed by atoms with van der Waals surface area (Å²) in [7, 11) is 0. The number of ether oxygens (including phenoxy) is 1. The SMILES string of the molecule is OC[C@H]1O[C@@H](c2[nH+]cc(Br)c3ccccc23)C[C@@H](O)[C@@H]1O. The molecule has 6 heteroatoms. The van der Waals surface area contributed by atoms with Crippen LogP contribution >= 0.6 is 15.9 Å². The summed E-state index contributed by atoms with van der Waals surface area (Å²) in [6.45, 7) is -0.330. The fourth-order valence-electron chi connectivity index (χ4n) is 2.78. The van der Waals surface area contributed by atoms with E-state index in [2.05, 4.69) is 20.9 Å². The van der Waals surface area contributed by atoms with E-state index in [0.29, 0.717) is 0 Å². The molecule has 1 fully saturated rings. The van der Waals surface area contributed by atoms with Gasteiger partial charge in [-0.15, -0.1) is 0 Å². The molecule has 0 amide bonds. The number of pyridine rings is 1. The van der Waals surface area contributed by atoms with Gasteiger partial charge in [-0.1, -0.05) is 18.2 Å². The van der Waals surface area contributed by atoms with Crippen molar-refractivity contribution >= 4 is 26.7 Å². The fraction of sp³-hybridized carbons (Fsp3) is 0.400. The second-order valence-electron chi connectivity index (χ2n) is 5.24. The highest BCUT2D eigenvalue weighted by atomic mass is 79.9. The smallest absolute Gasteiger partial charge is 0.216 e. The van der Waals surface area contributed by atoms with Crippen molar-refractivity contribution in [1.82, 2.24) is 0 Å². The van der Waals surface area contributed by atoms with Gasteiger partial charge in [-0.05, 0) is 22.0 Å². The number of hydrogen-bond acceptors (Lipinski definition) is 4. The zero-order valence-electron chi connectivity index (χ0n) is 11.2. The molecule has 1 saturated heterocycles. The fourth-order valence-corrected chi connectivity index (χ4v) is 3.24. The Morgan fingerprint density at radius 1 is 1.24 bits per heavy atom. The van der Waals surface area contributed by atoms with Crippen LogP contribution in [0.1, 0.15) is 18.2 Å². The maximum absolute atomic E-state index is 9.97. The lowest BCUT2D eigenvalue weighted by Gasteiger charge is -2.35. The normalized spacial score (nSPS) is 29.7. The van der Waals surface area contributed by atoms with Gasteiger partial charge in [0.05, 0.1) is 22.6 Å². The van der Waals surface area contributed by atoms with Crippen molar-refractivity contribution in [2.24, 2.45) is 0 Å². The van der Waals surface area contributed by atoms with Crippen LogP contribution in [0.15, 0.2) is 34.9 Å². The molecule has 5 nitrogen and oxygen atoms in total. The zero-order valence-corrected chi connectivity index (χ0v) is 12.8. The zero-order chi connectivity index (χ0) is 15.0. The maximum atomic E-state index is 9.97. The summed E-state index contributed by atoms with van der Waals surface area (Å²) in [5, 5.41) is 31.1. The minimum absolute atomic E-state index is 0.278. The van der Waals surface area contributed by atoms with Crippen LogP contribution in [0, 0.1) is 0 Å². The van der Waals surface area contributed by atoms with Crippen LogP contribution in [-0.4, -0.2) is 40.2 Å². The van der Waals surface area contributed by atoms with E-state index in [0.717, 1.165) is 20.9 Å². The molecule has 0 unspecified atom stereocenters. The third-order valence-electron chi connectivity index (χ3n) is 3.90. The molecule has 0 saturated carbocycles. The number of rotatable bonds is 2. The van der Waals surface area contributed by atoms with Gasteiger partial charge < -0.3 is 20.1 Å². The number of nitrogens with one attached hydrogen (secondary N) is 1. The second kappa shape index (κ2) is 5.98. The van der Waals surface area contributed by atoms with E-state index in [1.165, 1.54) is 0 Å². The van der Waals surface area contributed by atoms with E-state index in [4.69, 9.17) is 4.74 Å². The van der Waals surface area contributed by atoms with Gasteiger partial charge in [0.2, 0.25) is 5.69 Å². The molecule has 0 aliphatic carbocycles. The van der Waals surface area contributed by atoms with E-state index in [1.807, 2.05) is 30.5 Å². The Balaban J connectivity index is 2.03. The lowest BCUT2D eigenvalue weighted by atomic mass is 9.94. The third-order valence-corrected chi connectivity index (χ3v) is 4.56. The topological polar surface area (TPSA) is 84.1 Å². The first-order valence-electron chi connectivity index (χ1n) is 6.83. The second-order valence-corrected chi connectivity index (χ2v) is 6.09. The van der Waals surface area contributed by atoms with Crippen LogP contribution in [0.5, 0.6) is 0 Å². The first kappa shape index (κ1) is 14.9. The van der Waals surface area contributed by atoms with Gasteiger partial charge in [0, 0.05) is 11.8 Å². The Labute approximate surface area is 130 Å². The van der Waals surface area contributed by atoms with E-state index in [-0.39, 0.29) is 13.0 Å². The van der Waals surface area contributed by atoms with Crippen molar-refractivity contribution in [1.29, 1.82) is 0 Å². The predicted octanol–water partition coefficient (Wildman–Crippen LogP) is 0.960. The first-order valence-corrected chi connectivity index (χ1v) is 7.62. The molecule has 1 aromatic heterocycles. The molecule has 112 valence electrons. The summed E-state index contributed by atoms with van der Waals surface area (Å²) in [5.74, 6) is 0. The summed E-state index contributed by atoms with van der Waals surface area (Å²) < 4.78 is 6.69. The van der Waals surface area contributed by atoms with Crippen LogP contribution in [0.25, 0.3) is 10.8 Å². The van der Waals surface area contributed by atoms with Gasteiger partial charge in [-0.2, -0.15) is 0 Å². The van der Waals surface area contributed by atoms with Gasteiger partial charge in [0.25, 0.3) is 0 Å². The van der Waals surface area contributed by atoms with Crippen molar-refractivity contribution in [3.63, 3.8) is 0 Å². The van der Waals surface area contributed by atoms with Crippen LogP contribution < -0.4 is 4.98 Å². The van der Waals surface area contributed by atoms with Gasteiger partial charge in [0.15, 0.2) is 6.20 Å². The Morgan fingerprint density at radius 2 is 1.95 bits per heavy atom. The Bertz CT molecular complexity index is 651. The minimum atomic E-state index is -1.06. The number of fused-ring (bicyclic) bond motifs is 1. The maximum Gasteiger partial charge on any atom is 0.216 e. The standard InChI is InChI=1S/C15H16BrNO4/c16-10-6-17-14(9-4-2-1-3-8(9)10)12-5-11(19)15(20)13(7-18)21-12/h1-4,6,11-13,15,18-20H,5,7H2/p+1/t11-,12-,13-,15+/m1/s1. The molecule has 4 atom stereocenters. The summed E-state index contributed by atoms with van der Waals surface area (Å²) in [6, 6.07) is 7.85. The van der Waals surface area contributed by atoms with E-state index in [9.17, 15) is 15.3 Å². The van der Waals surface area contributed by atoms with Crippen molar-refractivity contribution < 1.29 is 25.0 Å². The lowest BCUT2D eigenvalue weighted by molar-refractivity contribution is -0.404. The van der Waals surface area contributed by atoms with Crippen molar-refractivity contribution in [3.05, 3.63) is 40.6 Å². The van der Waals surface area contributed by atoms with Gasteiger partial charge in [-0.3, -0.25) is 0 Å². The van der Waals surface area contributed by atoms with Crippen LogP contribution in [0.4, 0.5) is 0 Å². The average Bonchev–Trinajstić information content (AvgIpc) is 2.51. The number of aromatic nitrogens is 1. The summed E-state index contributed by atoms with van der Waals surface area (Å²) in [6.07, 6.45) is -1.07. The van der Waals surface area contributed by atoms with Crippen LogP contribution in [0.3, 0.4) is 0 Å². The third kappa shape index (κ3) is 2.69. The number of aliphatic hydroxyl groups excluding tert-OH is 3. The average molecular weight is 355 g/mol. The van der Waals surface area contributed by atoms with E-state index >= 15 is 0 Å². The highest BCUT2D eigenvalue weighted by Crippen LogP contribution is 2.34. The summed E-state index contributed by atoms with van der Waals surface area (Å²) >= 11 is 3.50. The van der Waals surface area contributed by atoms with Crippen molar-refractivity contribution in [3.8, 4) is 0 Å². The largest absolute Gasteiger partial charge is 0.394 e. The highest BCUT2D eigenvalue weighted by molar-refractivity contribution is 9.10. The van der Waals surface area contributed by atoms with Crippen LogP contribution in [0.2, 0.25) is 0 Å². The van der Waals surface area contributed by atoms with E-state index < -0.39 is 24.4 Å². The quantitative estimate of drug-likeness (QED) is 0.749. The Kier molecular flexibility index (Phi) is 4.24. The number of halogens is 1. The van der Waals surface area contributed by atoms with E-state index in [1.54, 1.807) is 0 Å². The molecule has 2 heterocycles. The number of aliphatic hydroxyl groups is 3. The summed E-state index contributed by atoms with van der Waals surface area (Å²) in [5.41, 5.74) is 0.832. The number of benzene rings is 1. The molecule has 0 radical (unpaired) electrons. The first-order chi connectivity index (χ1) is 10.1. The Morgan fingerprint density at radius 3 is 2.67 bits per heavy atom.